The Kier molecular flexibility index (Phi) is 6.56. The fourth-order valence-electron chi connectivity index (χ4n) is 3.84. The smallest absolute Gasteiger partial charge is 0.0953 e. The van der Waals surface area contributed by atoms with Crippen LogP contribution >= 0.6 is 0 Å². The molecule has 0 aliphatic carbocycles. The van der Waals surface area contributed by atoms with Gasteiger partial charge in [0.05, 0.1) is 18.2 Å². The van der Waals surface area contributed by atoms with Crippen LogP contribution in [0.3, 0.4) is 0 Å². The van der Waals surface area contributed by atoms with E-state index in [0.29, 0.717) is 5.92 Å². The molecule has 150 valence electrons. The summed E-state index contributed by atoms with van der Waals surface area (Å²) in [5, 5.41) is 0. The molecule has 2 heteroatoms. The Bertz CT molecular complexity index is 1060. The SMILES string of the molecule is CCc1ccc(C(CC=Cc2cncn2Cc2ccccc2)c2ccccc2)cc1. The van der Waals surface area contributed by atoms with E-state index in [9.17, 15) is 0 Å². The average Bonchev–Trinajstić information content (AvgIpc) is 3.25. The molecule has 1 unspecified atom stereocenters. The van der Waals surface area contributed by atoms with Crippen LogP contribution in [0.5, 0.6) is 0 Å². The molecule has 1 aromatic heterocycles. The second kappa shape index (κ2) is 9.89. The molecule has 0 fully saturated rings. The lowest BCUT2D eigenvalue weighted by Gasteiger charge is -2.17. The lowest BCUT2D eigenvalue weighted by molar-refractivity contribution is 0.787. The van der Waals surface area contributed by atoms with E-state index in [-0.39, 0.29) is 0 Å². The molecule has 0 saturated heterocycles. The third-order valence-corrected chi connectivity index (χ3v) is 5.59. The van der Waals surface area contributed by atoms with Crippen LogP contribution < -0.4 is 0 Å². The maximum Gasteiger partial charge on any atom is 0.0953 e. The summed E-state index contributed by atoms with van der Waals surface area (Å²) in [5.41, 5.74) is 6.51. The molecule has 0 amide bonds. The van der Waals surface area contributed by atoms with Crippen molar-refractivity contribution in [3.05, 3.63) is 131 Å². The standard InChI is InChI=1S/C28H28N2/c1-2-23-16-18-26(19-17-23)28(25-12-7-4-8-13-25)15-9-14-27-20-29-22-30(27)21-24-10-5-3-6-11-24/h3-14,16-20,22,28H,2,15,21H2,1H3. The molecule has 0 aliphatic rings. The Morgan fingerprint density at radius 2 is 1.47 bits per heavy atom. The minimum absolute atomic E-state index is 0.346. The molecule has 0 aliphatic heterocycles. The van der Waals surface area contributed by atoms with Gasteiger partial charge in [-0.15, -0.1) is 0 Å². The Hall–Kier alpha value is -3.39. The molecule has 4 rings (SSSR count). The highest BCUT2D eigenvalue weighted by Crippen LogP contribution is 2.29. The number of benzene rings is 3. The van der Waals surface area contributed by atoms with Gasteiger partial charge in [-0.1, -0.05) is 97.9 Å². The van der Waals surface area contributed by atoms with Crippen molar-refractivity contribution in [2.45, 2.75) is 32.2 Å². The predicted molar refractivity (Wildman–Crippen MR) is 126 cm³/mol. The van der Waals surface area contributed by atoms with Crippen LogP contribution in [0.25, 0.3) is 6.08 Å². The van der Waals surface area contributed by atoms with Crippen molar-refractivity contribution in [3.8, 4) is 0 Å². The number of imidazole rings is 1. The van der Waals surface area contributed by atoms with Crippen LogP contribution in [0.15, 0.2) is 104 Å². The van der Waals surface area contributed by atoms with E-state index in [2.05, 4.69) is 114 Å². The van der Waals surface area contributed by atoms with Gasteiger partial charge >= 0.3 is 0 Å². The second-order valence-electron chi connectivity index (χ2n) is 7.63. The van der Waals surface area contributed by atoms with Gasteiger partial charge in [0.25, 0.3) is 0 Å². The zero-order valence-corrected chi connectivity index (χ0v) is 17.5. The van der Waals surface area contributed by atoms with Gasteiger partial charge in [-0.3, -0.25) is 0 Å². The quantitative estimate of drug-likeness (QED) is 0.325. The van der Waals surface area contributed by atoms with Crippen molar-refractivity contribution in [2.24, 2.45) is 0 Å². The van der Waals surface area contributed by atoms with Gasteiger partial charge in [0.1, 0.15) is 0 Å². The molecule has 4 aromatic rings. The number of nitrogens with zero attached hydrogens (tertiary/aromatic N) is 2. The maximum atomic E-state index is 4.36. The Morgan fingerprint density at radius 3 is 2.17 bits per heavy atom. The molecular formula is C28H28N2. The van der Waals surface area contributed by atoms with Gasteiger partial charge in [-0.2, -0.15) is 0 Å². The topological polar surface area (TPSA) is 17.8 Å². The van der Waals surface area contributed by atoms with Gasteiger partial charge in [-0.05, 0) is 41.2 Å². The molecule has 1 atom stereocenters. The summed E-state index contributed by atoms with van der Waals surface area (Å²) in [6.07, 6.45) is 10.3. The van der Waals surface area contributed by atoms with Crippen molar-refractivity contribution in [1.29, 1.82) is 0 Å². The fourth-order valence-corrected chi connectivity index (χ4v) is 3.84. The van der Waals surface area contributed by atoms with Crippen LogP contribution in [0.2, 0.25) is 0 Å². The van der Waals surface area contributed by atoms with Crippen molar-refractivity contribution in [1.82, 2.24) is 9.55 Å². The molecule has 3 aromatic carbocycles. The average molecular weight is 393 g/mol. The van der Waals surface area contributed by atoms with Crippen LogP contribution in [0.4, 0.5) is 0 Å². The molecule has 0 saturated carbocycles. The number of hydrogen-bond donors (Lipinski definition) is 0. The number of aromatic nitrogens is 2. The van der Waals surface area contributed by atoms with Crippen LogP contribution in [-0.4, -0.2) is 9.55 Å². The third kappa shape index (κ3) is 4.96. The summed E-state index contributed by atoms with van der Waals surface area (Å²) < 4.78 is 2.19. The normalized spacial score (nSPS) is 12.3. The lowest BCUT2D eigenvalue weighted by Crippen LogP contribution is -2.01. The first kappa shape index (κ1) is 19.9. The highest BCUT2D eigenvalue weighted by Gasteiger charge is 2.12. The van der Waals surface area contributed by atoms with Gasteiger partial charge < -0.3 is 4.57 Å². The van der Waals surface area contributed by atoms with E-state index in [1.165, 1.54) is 22.3 Å². The van der Waals surface area contributed by atoms with Gasteiger partial charge in [0.15, 0.2) is 0 Å². The summed E-state index contributed by atoms with van der Waals surface area (Å²) in [4.78, 5) is 4.36. The summed E-state index contributed by atoms with van der Waals surface area (Å²) >= 11 is 0. The molecule has 30 heavy (non-hydrogen) atoms. The minimum atomic E-state index is 0.346. The van der Waals surface area contributed by atoms with Crippen LogP contribution in [0.1, 0.15) is 47.2 Å². The molecule has 0 spiro atoms. The van der Waals surface area contributed by atoms with Gasteiger partial charge in [0.2, 0.25) is 0 Å². The molecule has 2 nitrogen and oxygen atoms in total. The first-order valence-electron chi connectivity index (χ1n) is 10.7. The maximum absolute atomic E-state index is 4.36. The van der Waals surface area contributed by atoms with E-state index in [4.69, 9.17) is 0 Å². The number of rotatable bonds is 8. The zero-order chi connectivity index (χ0) is 20.6. The van der Waals surface area contributed by atoms with E-state index >= 15 is 0 Å². The van der Waals surface area contributed by atoms with E-state index in [1.54, 1.807) is 0 Å². The summed E-state index contributed by atoms with van der Waals surface area (Å²) in [7, 11) is 0. The van der Waals surface area contributed by atoms with E-state index in [0.717, 1.165) is 25.1 Å². The van der Waals surface area contributed by atoms with Crippen molar-refractivity contribution in [2.75, 3.05) is 0 Å². The molecule has 0 bridgehead atoms. The molecular weight excluding hydrogens is 364 g/mol. The predicted octanol–water partition coefficient (Wildman–Crippen LogP) is 6.73. The van der Waals surface area contributed by atoms with Crippen LogP contribution in [-0.2, 0) is 13.0 Å². The van der Waals surface area contributed by atoms with Crippen molar-refractivity contribution in [3.63, 3.8) is 0 Å². The van der Waals surface area contributed by atoms with Crippen LogP contribution in [0, 0.1) is 0 Å². The molecule has 0 radical (unpaired) electrons. The Labute approximate surface area is 179 Å². The van der Waals surface area contributed by atoms with Crippen molar-refractivity contribution < 1.29 is 0 Å². The fraction of sp³-hybridized carbons (Fsp3) is 0.179. The third-order valence-electron chi connectivity index (χ3n) is 5.59. The molecule has 0 N–H and O–H groups in total. The summed E-state index contributed by atoms with van der Waals surface area (Å²) in [5.74, 6) is 0.346. The van der Waals surface area contributed by atoms with Gasteiger partial charge in [0, 0.05) is 12.5 Å². The van der Waals surface area contributed by atoms with E-state index in [1.807, 2.05) is 12.5 Å². The lowest BCUT2D eigenvalue weighted by atomic mass is 9.88. The largest absolute Gasteiger partial charge is 0.327 e. The number of hydrogen-bond acceptors (Lipinski definition) is 1. The monoisotopic (exact) mass is 392 g/mol. The minimum Gasteiger partial charge on any atom is -0.327 e. The van der Waals surface area contributed by atoms with Gasteiger partial charge in [-0.25, -0.2) is 4.98 Å². The Balaban J connectivity index is 1.53. The summed E-state index contributed by atoms with van der Waals surface area (Å²) in [6, 6.07) is 30.4. The number of aryl methyl sites for hydroxylation is 1. The first-order valence-corrected chi connectivity index (χ1v) is 10.7. The Morgan fingerprint density at radius 1 is 0.800 bits per heavy atom. The second-order valence-corrected chi connectivity index (χ2v) is 7.63. The van der Waals surface area contributed by atoms with Crippen molar-refractivity contribution >= 4 is 6.08 Å². The van der Waals surface area contributed by atoms with E-state index < -0.39 is 0 Å². The first-order chi connectivity index (χ1) is 14.8. The highest BCUT2D eigenvalue weighted by molar-refractivity contribution is 5.45. The summed E-state index contributed by atoms with van der Waals surface area (Å²) in [6.45, 7) is 3.03. The number of allylic oxidation sites excluding steroid dienone is 1. The highest BCUT2D eigenvalue weighted by atomic mass is 15.0. The molecule has 1 heterocycles. The zero-order valence-electron chi connectivity index (χ0n) is 17.5.